The number of benzene rings is 1. The van der Waals surface area contributed by atoms with Gasteiger partial charge in [-0.3, -0.25) is 4.90 Å². The molecule has 0 bridgehead atoms. The lowest BCUT2D eigenvalue weighted by Gasteiger charge is -2.33. The first-order valence-corrected chi connectivity index (χ1v) is 7.75. The lowest BCUT2D eigenvalue weighted by Crippen LogP contribution is -2.41. The minimum absolute atomic E-state index is 0.202. The quantitative estimate of drug-likeness (QED) is 0.924. The molecule has 3 nitrogen and oxygen atoms in total. The van der Waals surface area contributed by atoms with Gasteiger partial charge in [0.15, 0.2) is 0 Å². The maximum atomic E-state index is 6.43. The predicted octanol–water partition coefficient (Wildman–Crippen LogP) is 2.95. The van der Waals surface area contributed by atoms with Crippen LogP contribution in [0.1, 0.15) is 30.9 Å². The van der Waals surface area contributed by atoms with Crippen molar-refractivity contribution in [1.82, 2.24) is 4.90 Å². The van der Waals surface area contributed by atoms with Crippen LogP contribution in [0.5, 0.6) is 0 Å². The molecule has 0 aliphatic carbocycles. The number of hydrogen-bond donors (Lipinski definition) is 1. The normalized spacial score (nSPS) is 25.2. The molecule has 1 saturated heterocycles. The van der Waals surface area contributed by atoms with E-state index in [-0.39, 0.29) is 6.04 Å². The minimum atomic E-state index is 0.202. The number of ether oxygens (including phenoxy) is 1. The summed E-state index contributed by atoms with van der Waals surface area (Å²) in [6.07, 6.45) is 3.54. The smallest absolute Gasteiger partial charge is 0.0589 e. The number of hydrogen-bond acceptors (Lipinski definition) is 3. The Morgan fingerprint density at radius 2 is 2.26 bits per heavy atom. The Morgan fingerprint density at radius 3 is 3.00 bits per heavy atom. The van der Waals surface area contributed by atoms with Gasteiger partial charge < -0.3 is 10.5 Å². The Labute approximate surface area is 124 Å². The number of methoxy groups -OCH3 is 1. The van der Waals surface area contributed by atoms with Crippen LogP contribution in [0.15, 0.2) is 28.7 Å². The van der Waals surface area contributed by atoms with Gasteiger partial charge in [-0.15, -0.1) is 0 Å². The van der Waals surface area contributed by atoms with Crippen molar-refractivity contribution >= 4 is 15.9 Å². The molecule has 4 heteroatoms. The molecule has 1 heterocycles. The van der Waals surface area contributed by atoms with E-state index in [2.05, 4.69) is 45.1 Å². The maximum absolute atomic E-state index is 6.43. The lowest BCUT2D eigenvalue weighted by atomic mass is 9.96. The third-order valence-corrected chi connectivity index (χ3v) is 4.30. The standard InChI is InChI=1S/C15H23BrN2O/c1-19-10-9-18-8-3-2-7-14(17)15(18)12-5-4-6-13(16)11-12/h4-6,11,14-15H,2-3,7-10,17H2,1H3. The molecule has 0 radical (unpaired) electrons. The summed E-state index contributed by atoms with van der Waals surface area (Å²) in [7, 11) is 1.76. The van der Waals surface area contributed by atoms with Gasteiger partial charge >= 0.3 is 0 Å². The van der Waals surface area contributed by atoms with Crippen LogP contribution in [0.4, 0.5) is 0 Å². The van der Waals surface area contributed by atoms with Gasteiger partial charge in [-0.2, -0.15) is 0 Å². The summed E-state index contributed by atoms with van der Waals surface area (Å²) in [5, 5.41) is 0. The first-order valence-electron chi connectivity index (χ1n) is 6.96. The van der Waals surface area contributed by atoms with Crippen molar-refractivity contribution < 1.29 is 4.74 Å². The summed E-state index contributed by atoms with van der Waals surface area (Å²) in [4.78, 5) is 2.48. The largest absolute Gasteiger partial charge is 0.383 e. The highest BCUT2D eigenvalue weighted by molar-refractivity contribution is 9.10. The third-order valence-electron chi connectivity index (χ3n) is 3.80. The van der Waals surface area contributed by atoms with Crippen molar-refractivity contribution in [3.63, 3.8) is 0 Å². The van der Waals surface area contributed by atoms with Crippen molar-refractivity contribution in [2.75, 3.05) is 26.8 Å². The average Bonchev–Trinajstić information content (AvgIpc) is 2.58. The first kappa shape index (κ1) is 15.0. The van der Waals surface area contributed by atoms with Gasteiger partial charge in [-0.05, 0) is 37.1 Å². The molecule has 2 atom stereocenters. The van der Waals surface area contributed by atoms with Crippen molar-refractivity contribution in [1.29, 1.82) is 0 Å². The molecule has 19 heavy (non-hydrogen) atoms. The zero-order valence-electron chi connectivity index (χ0n) is 11.5. The van der Waals surface area contributed by atoms with E-state index in [4.69, 9.17) is 10.5 Å². The molecule has 0 saturated carbocycles. The van der Waals surface area contributed by atoms with E-state index in [0.717, 1.165) is 30.6 Å². The zero-order chi connectivity index (χ0) is 13.7. The van der Waals surface area contributed by atoms with Crippen LogP contribution in [-0.2, 0) is 4.74 Å². The molecule has 2 N–H and O–H groups in total. The van der Waals surface area contributed by atoms with E-state index in [1.165, 1.54) is 18.4 Å². The Kier molecular flexibility index (Phi) is 5.82. The second kappa shape index (κ2) is 7.39. The molecule has 106 valence electrons. The van der Waals surface area contributed by atoms with E-state index in [1.807, 2.05) is 0 Å². The van der Waals surface area contributed by atoms with Gasteiger partial charge in [-0.25, -0.2) is 0 Å². The highest BCUT2D eigenvalue weighted by atomic mass is 79.9. The van der Waals surface area contributed by atoms with Crippen LogP contribution >= 0.6 is 15.9 Å². The van der Waals surface area contributed by atoms with Crippen LogP contribution in [0.2, 0.25) is 0 Å². The van der Waals surface area contributed by atoms with Crippen molar-refractivity contribution in [3.8, 4) is 0 Å². The molecule has 1 aromatic rings. The molecule has 2 rings (SSSR count). The summed E-state index contributed by atoms with van der Waals surface area (Å²) in [6.45, 7) is 2.81. The van der Waals surface area contributed by atoms with E-state index in [1.54, 1.807) is 7.11 Å². The van der Waals surface area contributed by atoms with Gasteiger partial charge in [0.25, 0.3) is 0 Å². The highest BCUT2D eigenvalue weighted by Crippen LogP contribution is 2.30. The van der Waals surface area contributed by atoms with E-state index < -0.39 is 0 Å². The Bertz CT molecular complexity index is 399. The van der Waals surface area contributed by atoms with E-state index in [0.29, 0.717) is 6.04 Å². The molecule has 1 aromatic carbocycles. The van der Waals surface area contributed by atoms with Crippen LogP contribution in [0.3, 0.4) is 0 Å². The fourth-order valence-corrected chi connectivity index (χ4v) is 3.29. The second-order valence-corrected chi connectivity index (χ2v) is 6.10. The first-order chi connectivity index (χ1) is 9.22. The number of nitrogens with zero attached hydrogens (tertiary/aromatic N) is 1. The second-order valence-electron chi connectivity index (χ2n) is 5.19. The fourth-order valence-electron chi connectivity index (χ4n) is 2.87. The summed E-state index contributed by atoms with van der Waals surface area (Å²) < 4.78 is 6.36. The van der Waals surface area contributed by atoms with Crippen LogP contribution in [0, 0.1) is 0 Å². The van der Waals surface area contributed by atoms with Gasteiger partial charge in [0.05, 0.1) is 12.6 Å². The summed E-state index contributed by atoms with van der Waals surface area (Å²) in [6, 6.07) is 9.02. The molecule has 0 spiro atoms. The van der Waals surface area contributed by atoms with E-state index >= 15 is 0 Å². The van der Waals surface area contributed by atoms with E-state index in [9.17, 15) is 0 Å². The number of likely N-dealkylation sites (tertiary alicyclic amines) is 1. The third kappa shape index (κ3) is 4.02. The molecule has 1 aliphatic heterocycles. The van der Waals surface area contributed by atoms with Crippen LogP contribution in [-0.4, -0.2) is 37.7 Å². The molecular weight excluding hydrogens is 304 g/mol. The maximum Gasteiger partial charge on any atom is 0.0589 e. The fraction of sp³-hybridized carbons (Fsp3) is 0.600. The van der Waals surface area contributed by atoms with Gasteiger partial charge in [0, 0.05) is 24.2 Å². The predicted molar refractivity (Wildman–Crippen MR) is 82.2 cm³/mol. The summed E-state index contributed by atoms with van der Waals surface area (Å²) >= 11 is 3.56. The van der Waals surface area contributed by atoms with Crippen molar-refractivity contribution in [2.45, 2.75) is 31.3 Å². The molecule has 0 aromatic heterocycles. The van der Waals surface area contributed by atoms with Gasteiger partial charge in [0.2, 0.25) is 0 Å². The summed E-state index contributed by atoms with van der Waals surface area (Å²) in [5.74, 6) is 0. The molecule has 0 amide bonds. The topological polar surface area (TPSA) is 38.5 Å². The van der Waals surface area contributed by atoms with Crippen molar-refractivity contribution in [3.05, 3.63) is 34.3 Å². The number of halogens is 1. The molecule has 2 unspecified atom stereocenters. The molecule has 1 aliphatic rings. The van der Waals surface area contributed by atoms with Gasteiger partial charge in [0.1, 0.15) is 0 Å². The number of nitrogens with two attached hydrogens (primary N) is 1. The summed E-state index contributed by atoms with van der Waals surface area (Å²) in [5.41, 5.74) is 7.73. The Morgan fingerprint density at radius 1 is 1.42 bits per heavy atom. The lowest BCUT2D eigenvalue weighted by molar-refractivity contribution is 0.115. The number of rotatable bonds is 4. The SMILES string of the molecule is COCCN1CCCCC(N)C1c1cccc(Br)c1. The minimum Gasteiger partial charge on any atom is -0.383 e. The Balaban J connectivity index is 2.23. The van der Waals surface area contributed by atoms with Crippen LogP contribution in [0.25, 0.3) is 0 Å². The average molecular weight is 327 g/mol. The molecule has 1 fully saturated rings. The molecular formula is C15H23BrN2O. The monoisotopic (exact) mass is 326 g/mol. The highest BCUT2D eigenvalue weighted by Gasteiger charge is 2.28. The van der Waals surface area contributed by atoms with Crippen molar-refractivity contribution in [2.24, 2.45) is 5.73 Å². The van der Waals surface area contributed by atoms with Gasteiger partial charge in [-0.1, -0.05) is 34.5 Å². The Hall–Kier alpha value is -0.420. The van der Waals surface area contributed by atoms with Crippen LogP contribution < -0.4 is 5.73 Å². The zero-order valence-corrected chi connectivity index (χ0v) is 13.1.